The summed E-state index contributed by atoms with van der Waals surface area (Å²) in [6, 6.07) is 0. The van der Waals surface area contributed by atoms with E-state index in [0.29, 0.717) is 6.42 Å². The number of halogens is 1. The van der Waals surface area contributed by atoms with Gasteiger partial charge in [-0.1, -0.05) is 20.8 Å². The molecule has 0 aliphatic carbocycles. The van der Waals surface area contributed by atoms with Crippen molar-refractivity contribution < 1.29 is 13.9 Å². The van der Waals surface area contributed by atoms with Gasteiger partial charge >= 0.3 is 5.97 Å². The zero-order valence-electron chi connectivity index (χ0n) is 12.5. The van der Waals surface area contributed by atoms with Crippen LogP contribution < -0.4 is 0 Å². The van der Waals surface area contributed by atoms with E-state index in [-0.39, 0.29) is 5.41 Å². The predicted molar refractivity (Wildman–Crippen MR) is 68.6 cm³/mol. The van der Waals surface area contributed by atoms with E-state index in [2.05, 4.69) is 0 Å². The number of carbonyl (C=O) groups is 1. The van der Waals surface area contributed by atoms with Gasteiger partial charge in [-0.2, -0.15) is 0 Å². The average Bonchev–Trinajstić information content (AvgIpc) is 1.96. The molecule has 0 bridgehead atoms. The maximum atomic E-state index is 13.8. The van der Waals surface area contributed by atoms with Gasteiger partial charge in [0.05, 0.1) is 5.41 Å². The van der Waals surface area contributed by atoms with Crippen molar-refractivity contribution in [3.05, 3.63) is 0 Å². The normalized spacial score (nSPS) is 18.4. The molecule has 2 nitrogen and oxygen atoms in total. The zero-order chi connectivity index (χ0) is 14.1. The number of rotatable bonds is 3. The fraction of sp³-hybridized carbons (Fsp3) is 0.929. The Balaban J connectivity index is 5.03. The largest absolute Gasteiger partial charge is 0.459 e. The van der Waals surface area contributed by atoms with Crippen molar-refractivity contribution in [3.8, 4) is 0 Å². The van der Waals surface area contributed by atoms with Gasteiger partial charge in [0.15, 0.2) is 0 Å². The third-order valence-corrected chi connectivity index (χ3v) is 2.64. The highest BCUT2D eigenvalue weighted by molar-refractivity contribution is 5.77. The highest BCUT2D eigenvalue weighted by atomic mass is 19.1. The number of hydrogen-bond donors (Lipinski definition) is 0. The molecule has 0 saturated heterocycles. The van der Waals surface area contributed by atoms with Crippen molar-refractivity contribution in [3.63, 3.8) is 0 Å². The molecule has 17 heavy (non-hydrogen) atoms. The number of esters is 1. The average molecular weight is 246 g/mol. The lowest BCUT2D eigenvalue weighted by Crippen LogP contribution is -2.43. The van der Waals surface area contributed by atoms with Gasteiger partial charge in [-0.3, -0.25) is 4.79 Å². The smallest absolute Gasteiger partial charge is 0.315 e. The summed E-state index contributed by atoms with van der Waals surface area (Å²) >= 11 is 0. The van der Waals surface area contributed by atoms with Crippen molar-refractivity contribution in [1.82, 2.24) is 0 Å². The van der Waals surface area contributed by atoms with E-state index in [1.165, 1.54) is 6.92 Å². The fourth-order valence-corrected chi connectivity index (χ4v) is 1.87. The molecule has 0 radical (unpaired) electrons. The lowest BCUT2D eigenvalue weighted by molar-refractivity contribution is -0.172. The van der Waals surface area contributed by atoms with Crippen LogP contribution in [0.25, 0.3) is 0 Å². The second kappa shape index (κ2) is 4.95. The molecule has 102 valence electrons. The van der Waals surface area contributed by atoms with Gasteiger partial charge in [-0.25, -0.2) is 4.39 Å². The van der Waals surface area contributed by atoms with Gasteiger partial charge in [0.25, 0.3) is 0 Å². The third kappa shape index (κ3) is 5.51. The van der Waals surface area contributed by atoms with E-state index in [1.807, 2.05) is 20.8 Å². The Bertz CT molecular complexity index is 271. The van der Waals surface area contributed by atoms with Crippen LogP contribution in [0.15, 0.2) is 0 Å². The summed E-state index contributed by atoms with van der Waals surface area (Å²) in [6.07, 6.45) is -0.761. The summed E-state index contributed by atoms with van der Waals surface area (Å²) in [5, 5.41) is 0. The number of carbonyl (C=O) groups excluding carboxylic acids is 1. The molecule has 3 heteroatoms. The fourth-order valence-electron chi connectivity index (χ4n) is 1.87. The number of hydrogen-bond acceptors (Lipinski definition) is 2. The lowest BCUT2D eigenvalue weighted by atomic mass is 9.72. The molecule has 0 N–H and O–H groups in total. The topological polar surface area (TPSA) is 26.3 Å². The molecule has 0 aromatic carbocycles. The quantitative estimate of drug-likeness (QED) is 0.700. The van der Waals surface area contributed by atoms with Gasteiger partial charge in [-0.05, 0) is 46.5 Å². The standard InChI is InChI=1S/C14H27FO2/c1-10(15)14(8,9-12(2,3)4)11(16)17-13(5,6)7/h10H,9H2,1-8H3/t10?,14-/m0/s1. The van der Waals surface area contributed by atoms with Crippen LogP contribution in [0, 0.1) is 10.8 Å². The minimum Gasteiger partial charge on any atom is -0.459 e. The minimum absolute atomic E-state index is 0.119. The van der Waals surface area contributed by atoms with Crippen LogP contribution in [0.5, 0.6) is 0 Å². The van der Waals surface area contributed by atoms with Crippen LogP contribution in [0.2, 0.25) is 0 Å². The first kappa shape index (κ1) is 16.4. The molecule has 0 aliphatic heterocycles. The van der Waals surface area contributed by atoms with Crippen molar-refractivity contribution in [2.45, 2.75) is 73.6 Å². The summed E-state index contributed by atoms with van der Waals surface area (Å²) in [7, 11) is 0. The van der Waals surface area contributed by atoms with E-state index in [4.69, 9.17) is 4.74 Å². The van der Waals surface area contributed by atoms with Crippen molar-refractivity contribution in [1.29, 1.82) is 0 Å². The summed E-state index contributed by atoms with van der Waals surface area (Å²) < 4.78 is 19.1. The van der Waals surface area contributed by atoms with E-state index >= 15 is 0 Å². The first-order valence-electron chi connectivity index (χ1n) is 6.15. The van der Waals surface area contributed by atoms with Gasteiger partial charge in [-0.15, -0.1) is 0 Å². The molecule has 0 aromatic rings. The van der Waals surface area contributed by atoms with Crippen molar-refractivity contribution in [2.75, 3.05) is 0 Å². The van der Waals surface area contributed by atoms with E-state index in [0.717, 1.165) is 0 Å². The summed E-state index contributed by atoms with van der Waals surface area (Å²) in [6.45, 7) is 14.5. The summed E-state index contributed by atoms with van der Waals surface area (Å²) in [5.74, 6) is -0.449. The third-order valence-electron chi connectivity index (χ3n) is 2.64. The lowest BCUT2D eigenvalue weighted by Gasteiger charge is -2.36. The van der Waals surface area contributed by atoms with Gasteiger partial charge in [0, 0.05) is 0 Å². The Morgan fingerprint density at radius 1 is 1.12 bits per heavy atom. The van der Waals surface area contributed by atoms with Crippen LogP contribution in [0.3, 0.4) is 0 Å². The summed E-state index contributed by atoms with van der Waals surface area (Å²) in [5.41, 5.74) is -1.78. The molecule has 0 saturated carbocycles. The van der Waals surface area contributed by atoms with Crippen LogP contribution >= 0.6 is 0 Å². The van der Waals surface area contributed by atoms with Crippen LogP contribution in [-0.4, -0.2) is 17.7 Å². The molecule has 0 aliphatic rings. The molecular weight excluding hydrogens is 219 g/mol. The Hall–Kier alpha value is -0.600. The molecular formula is C14H27FO2. The Labute approximate surface area is 105 Å². The van der Waals surface area contributed by atoms with Crippen LogP contribution in [0.1, 0.15) is 61.8 Å². The molecule has 0 amide bonds. The Kier molecular flexibility index (Phi) is 4.77. The highest BCUT2D eigenvalue weighted by Crippen LogP contribution is 2.39. The van der Waals surface area contributed by atoms with Crippen LogP contribution in [-0.2, 0) is 9.53 Å². The van der Waals surface area contributed by atoms with Crippen LogP contribution in [0.4, 0.5) is 4.39 Å². The minimum atomic E-state index is -1.23. The molecule has 2 atom stereocenters. The van der Waals surface area contributed by atoms with Crippen molar-refractivity contribution in [2.24, 2.45) is 10.8 Å². The molecule has 0 aromatic heterocycles. The number of ether oxygens (including phenoxy) is 1. The first-order valence-corrected chi connectivity index (χ1v) is 6.15. The maximum Gasteiger partial charge on any atom is 0.315 e. The monoisotopic (exact) mass is 246 g/mol. The van der Waals surface area contributed by atoms with Gasteiger partial charge in [0.1, 0.15) is 11.8 Å². The van der Waals surface area contributed by atoms with E-state index < -0.39 is 23.2 Å². The SMILES string of the molecule is CC(F)[C@](C)(CC(C)(C)C)C(=O)OC(C)(C)C. The molecule has 0 spiro atoms. The Morgan fingerprint density at radius 2 is 1.53 bits per heavy atom. The van der Waals surface area contributed by atoms with E-state index in [1.54, 1.807) is 27.7 Å². The first-order chi connectivity index (χ1) is 7.28. The highest BCUT2D eigenvalue weighted by Gasteiger charge is 2.45. The number of alkyl halides is 1. The summed E-state index contributed by atoms with van der Waals surface area (Å²) in [4.78, 5) is 12.1. The molecule has 0 heterocycles. The van der Waals surface area contributed by atoms with Gasteiger partial charge in [0.2, 0.25) is 0 Å². The molecule has 1 unspecified atom stereocenters. The zero-order valence-corrected chi connectivity index (χ0v) is 12.5. The van der Waals surface area contributed by atoms with Gasteiger partial charge < -0.3 is 4.74 Å². The maximum absolute atomic E-state index is 13.8. The molecule has 0 fully saturated rings. The second-order valence-corrected chi connectivity index (χ2v) is 7.27. The Morgan fingerprint density at radius 3 is 1.76 bits per heavy atom. The predicted octanol–water partition coefficient (Wildman–Crippen LogP) is 4.13. The van der Waals surface area contributed by atoms with Crippen molar-refractivity contribution >= 4 is 5.97 Å². The molecule has 0 rings (SSSR count). The second-order valence-electron chi connectivity index (χ2n) is 7.27. The van der Waals surface area contributed by atoms with E-state index in [9.17, 15) is 9.18 Å².